The van der Waals surface area contributed by atoms with Crippen LogP contribution in [0.2, 0.25) is 0 Å². The Kier molecular flexibility index (Phi) is 7.87. The van der Waals surface area contributed by atoms with Crippen LogP contribution in [-0.2, 0) is 0 Å². The predicted molar refractivity (Wildman–Crippen MR) is 83.5 cm³/mol. The van der Waals surface area contributed by atoms with Gasteiger partial charge in [0.2, 0.25) is 0 Å². The molecule has 1 aliphatic rings. The summed E-state index contributed by atoms with van der Waals surface area (Å²) in [5, 5.41) is 3.19. The van der Waals surface area contributed by atoms with E-state index in [1.54, 1.807) is 0 Å². The van der Waals surface area contributed by atoms with Gasteiger partial charge in [-0.1, -0.05) is 27.2 Å². The second-order valence-electron chi connectivity index (χ2n) is 6.03. The fraction of sp³-hybridized carbons (Fsp3) is 0.933. The normalized spacial score (nSPS) is 19.1. The monoisotopic (exact) mass is 268 g/mol. The van der Waals surface area contributed by atoms with Crippen LogP contribution in [0, 0.1) is 5.92 Å². The molecule has 4 heteroatoms. The fourth-order valence-electron chi connectivity index (χ4n) is 2.64. The molecule has 0 radical (unpaired) electrons. The third-order valence-electron chi connectivity index (χ3n) is 3.71. The minimum atomic E-state index is 0.564. The Bertz CT molecular complexity index is 257. The van der Waals surface area contributed by atoms with Crippen LogP contribution in [0.15, 0.2) is 4.99 Å². The second kappa shape index (κ2) is 9.18. The summed E-state index contributed by atoms with van der Waals surface area (Å²) in [6.45, 7) is 11.0. The lowest BCUT2D eigenvalue weighted by atomic mass is 10.0. The number of hydrogen-bond donors (Lipinski definition) is 2. The molecule has 1 rings (SSSR count). The van der Waals surface area contributed by atoms with Crippen molar-refractivity contribution in [2.45, 2.75) is 58.9 Å². The van der Waals surface area contributed by atoms with Crippen molar-refractivity contribution >= 4 is 5.96 Å². The molecule has 1 unspecified atom stereocenters. The Balaban J connectivity index is 2.40. The van der Waals surface area contributed by atoms with Crippen molar-refractivity contribution in [1.29, 1.82) is 0 Å². The molecule has 0 aliphatic carbocycles. The summed E-state index contributed by atoms with van der Waals surface area (Å²) in [6, 6.07) is 0.564. The van der Waals surface area contributed by atoms with E-state index < -0.39 is 0 Å². The van der Waals surface area contributed by atoms with E-state index in [0.29, 0.717) is 12.0 Å². The summed E-state index contributed by atoms with van der Waals surface area (Å²) in [5.74, 6) is 1.33. The summed E-state index contributed by atoms with van der Waals surface area (Å²) in [7, 11) is 0. The van der Waals surface area contributed by atoms with Crippen LogP contribution in [0.5, 0.6) is 0 Å². The Labute approximate surface area is 118 Å². The second-order valence-corrected chi connectivity index (χ2v) is 6.03. The van der Waals surface area contributed by atoms with Gasteiger partial charge in [0, 0.05) is 12.6 Å². The number of unbranched alkanes of at least 4 members (excludes halogenated alkanes) is 1. The molecule has 1 heterocycles. The highest BCUT2D eigenvalue weighted by molar-refractivity contribution is 5.77. The molecule has 0 aromatic carbocycles. The fourth-order valence-corrected chi connectivity index (χ4v) is 2.64. The molecule has 1 fully saturated rings. The van der Waals surface area contributed by atoms with E-state index in [2.05, 4.69) is 36.0 Å². The van der Waals surface area contributed by atoms with Crippen LogP contribution < -0.4 is 11.1 Å². The van der Waals surface area contributed by atoms with Crippen LogP contribution in [0.1, 0.15) is 52.9 Å². The van der Waals surface area contributed by atoms with E-state index in [0.717, 1.165) is 25.4 Å². The van der Waals surface area contributed by atoms with E-state index in [-0.39, 0.29) is 0 Å². The zero-order valence-electron chi connectivity index (χ0n) is 13.0. The first-order chi connectivity index (χ1) is 9.13. The minimum Gasteiger partial charge on any atom is -0.370 e. The molecule has 0 spiro atoms. The average Bonchev–Trinajstić information content (AvgIpc) is 2.88. The Hall–Kier alpha value is -0.770. The molecule has 112 valence electrons. The standard InChI is InChI=1S/C15H32N4/c1-4-5-8-17-15(16)18-12-14(11-13(2)3)19-9-6-7-10-19/h13-14H,4-12H2,1-3H3,(H3,16,17,18). The lowest BCUT2D eigenvalue weighted by Gasteiger charge is -2.27. The molecule has 0 amide bonds. The molecule has 1 saturated heterocycles. The molecular formula is C15H32N4. The molecule has 0 saturated carbocycles. The number of nitrogens with one attached hydrogen (secondary N) is 1. The summed E-state index contributed by atoms with van der Waals surface area (Å²) in [4.78, 5) is 7.12. The molecule has 0 aromatic rings. The number of rotatable bonds is 8. The third-order valence-corrected chi connectivity index (χ3v) is 3.71. The van der Waals surface area contributed by atoms with Gasteiger partial charge in [-0.15, -0.1) is 0 Å². The van der Waals surface area contributed by atoms with Gasteiger partial charge in [-0.3, -0.25) is 9.89 Å². The maximum Gasteiger partial charge on any atom is 0.188 e. The largest absolute Gasteiger partial charge is 0.370 e. The smallest absolute Gasteiger partial charge is 0.188 e. The van der Waals surface area contributed by atoms with Crippen molar-refractivity contribution in [3.05, 3.63) is 0 Å². The van der Waals surface area contributed by atoms with Crippen molar-refractivity contribution < 1.29 is 0 Å². The Morgan fingerprint density at radius 1 is 1.32 bits per heavy atom. The maximum absolute atomic E-state index is 5.91. The van der Waals surface area contributed by atoms with Gasteiger partial charge in [0.15, 0.2) is 5.96 Å². The van der Waals surface area contributed by atoms with Crippen molar-refractivity contribution in [3.8, 4) is 0 Å². The third kappa shape index (κ3) is 6.81. The summed E-state index contributed by atoms with van der Waals surface area (Å²) in [5.41, 5.74) is 5.91. The quantitative estimate of drug-likeness (QED) is 0.403. The van der Waals surface area contributed by atoms with Crippen molar-refractivity contribution in [2.75, 3.05) is 26.2 Å². The number of aliphatic imine (C=N–C) groups is 1. The lowest BCUT2D eigenvalue weighted by molar-refractivity contribution is 0.218. The summed E-state index contributed by atoms with van der Waals surface area (Å²) in [6.07, 6.45) is 6.22. The van der Waals surface area contributed by atoms with E-state index in [9.17, 15) is 0 Å². The SMILES string of the molecule is CCCCNC(N)=NCC(CC(C)C)N1CCCC1. The molecule has 19 heavy (non-hydrogen) atoms. The van der Waals surface area contributed by atoms with Crippen LogP contribution in [0.25, 0.3) is 0 Å². The first-order valence-corrected chi connectivity index (χ1v) is 7.91. The van der Waals surface area contributed by atoms with Crippen LogP contribution in [-0.4, -0.2) is 43.1 Å². The van der Waals surface area contributed by atoms with Crippen molar-refractivity contribution in [2.24, 2.45) is 16.6 Å². The zero-order chi connectivity index (χ0) is 14.1. The topological polar surface area (TPSA) is 53.6 Å². The highest BCUT2D eigenvalue weighted by Gasteiger charge is 2.22. The van der Waals surface area contributed by atoms with Gasteiger partial charge in [-0.2, -0.15) is 0 Å². The summed E-state index contributed by atoms with van der Waals surface area (Å²) >= 11 is 0. The van der Waals surface area contributed by atoms with Gasteiger partial charge in [0.05, 0.1) is 6.54 Å². The molecule has 1 atom stereocenters. The zero-order valence-corrected chi connectivity index (χ0v) is 13.0. The van der Waals surface area contributed by atoms with Gasteiger partial charge in [-0.05, 0) is 44.7 Å². The number of hydrogen-bond acceptors (Lipinski definition) is 2. The average molecular weight is 268 g/mol. The minimum absolute atomic E-state index is 0.564. The number of likely N-dealkylation sites (tertiary alicyclic amines) is 1. The first-order valence-electron chi connectivity index (χ1n) is 7.91. The molecule has 0 bridgehead atoms. The van der Waals surface area contributed by atoms with Gasteiger partial charge in [0.1, 0.15) is 0 Å². The van der Waals surface area contributed by atoms with E-state index >= 15 is 0 Å². The van der Waals surface area contributed by atoms with Gasteiger partial charge >= 0.3 is 0 Å². The molecule has 0 aromatic heterocycles. The molecular weight excluding hydrogens is 236 g/mol. The lowest BCUT2D eigenvalue weighted by Crippen LogP contribution is -2.38. The highest BCUT2D eigenvalue weighted by Crippen LogP contribution is 2.17. The van der Waals surface area contributed by atoms with Gasteiger partial charge in [0.25, 0.3) is 0 Å². The van der Waals surface area contributed by atoms with E-state index in [4.69, 9.17) is 5.73 Å². The van der Waals surface area contributed by atoms with E-state index in [1.807, 2.05) is 0 Å². The number of guanidine groups is 1. The maximum atomic E-state index is 5.91. The molecule has 1 aliphatic heterocycles. The van der Waals surface area contributed by atoms with Crippen LogP contribution in [0.4, 0.5) is 0 Å². The van der Waals surface area contributed by atoms with Crippen LogP contribution in [0.3, 0.4) is 0 Å². The number of nitrogens with two attached hydrogens (primary N) is 1. The Morgan fingerprint density at radius 2 is 2.00 bits per heavy atom. The van der Waals surface area contributed by atoms with Gasteiger partial charge in [-0.25, -0.2) is 0 Å². The van der Waals surface area contributed by atoms with E-state index in [1.165, 1.54) is 38.8 Å². The highest BCUT2D eigenvalue weighted by atomic mass is 15.2. The first kappa shape index (κ1) is 16.3. The van der Waals surface area contributed by atoms with Crippen LogP contribution >= 0.6 is 0 Å². The van der Waals surface area contributed by atoms with Gasteiger partial charge < -0.3 is 11.1 Å². The van der Waals surface area contributed by atoms with Crippen molar-refractivity contribution in [1.82, 2.24) is 10.2 Å². The Morgan fingerprint density at radius 3 is 2.58 bits per heavy atom. The number of nitrogens with zero attached hydrogens (tertiary/aromatic N) is 2. The molecule has 4 nitrogen and oxygen atoms in total. The van der Waals surface area contributed by atoms with Crippen molar-refractivity contribution in [3.63, 3.8) is 0 Å². The molecule has 3 N–H and O–H groups in total. The summed E-state index contributed by atoms with van der Waals surface area (Å²) < 4.78 is 0. The predicted octanol–water partition coefficient (Wildman–Crippen LogP) is 2.20.